The first kappa shape index (κ1) is 29.1. The number of aliphatic hydroxyl groups is 1. The molecule has 0 aromatic heterocycles. The van der Waals surface area contributed by atoms with E-state index >= 15 is 0 Å². The molecule has 2 N–H and O–H groups in total. The molecule has 29 heavy (non-hydrogen) atoms. The van der Waals surface area contributed by atoms with Crippen LogP contribution in [0.4, 0.5) is 0 Å². The predicted molar refractivity (Wildman–Crippen MR) is 130 cm³/mol. The van der Waals surface area contributed by atoms with Crippen LogP contribution in [0.25, 0.3) is 0 Å². The number of hydrogen-bond acceptors (Lipinski definition) is 3. The van der Waals surface area contributed by atoms with Gasteiger partial charge in [-0.2, -0.15) is 0 Å². The molecule has 0 aliphatic carbocycles. The molecule has 0 saturated heterocycles. The number of aliphatic hydroxyl groups excluding tert-OH is 1. The minimum absolute atomic E-state index is 0.0669. The van der Waals surface area contributed by atoms with Crippen molar-refractivity contribution < 1.29 is 14.6 Å². The minimum Gasteiger partial charge on any atom is -0.432 e. The molecular weight excluding hydrogens is 376 g/mol. The fourth-order valence-electron chi connectivity index (χ4n) is 3.53. The van der Waals surface area contributed by atoms with Crippen LogP contribution in [0.1, 0.15) is 124 Å². The van der Waals surface area contributed by atoms with Crippen molar-refractivity contribution in [2.24, 2.45) is 0 Å². The largest absolute Gasteiger partial charge is 0.432 e. The summed E-state index contributed by atoms with van der Waals surface area (Å²) in [5.41, 5.74) is 0. The SMILES string of the molecule is CCCCCCCCCCCCCCCCOCC(O)CCC(C)(C)[Si](C)(C)O. The Morgan fingerprint density at radius 2 is 1.17 bits per heavy atom. The Labute approximate surface area is 184 Å². The summed E-state index contributed by atoms with van der Waals surface area (Å²) in [4.78, 5) is 10.3. The van der Waals surface area contributed by atoms with E-state index in [9.17, 15) is 9.90 Å². The van der Waals surface area contributed by atoms with Gasteiger partial charge < -0.3 is 14.6 Å². The van der Waals surface area contributed by atoms with E-state index in [-0.39, 0.29) is 5.04 Å². The smallest absolute Gasteiger partial charge is 0.188 e. The highest BCUT2D eigenvalue weighted by Crippen LogP contribution is 2.40. The Morgan fingerprint density at radius 3 is 1.59 bits per heavy atom. The fourth-order valence-corrected chi connectivity index (χ4v) is 4.29. The molecule has 0 aliphatic rings. The Hall–Kier alpha value is 0.0969. The van der Waals surface area contributed by atoms with Crippen LogP contribution in [0, 0.1) is 0 Å². The molecular formula is C25H54O3Si. The first-order valence-electron chi connectivity index (χ1n) is 12.7. The van der Waals surface area contributed by atoms with Gasteiger partial charge in [0.2, 0.25) is 0 Å². The molecule has 0 radical (unpaired) electrons. The van der Waals surface area contributed by atoms with E-state index in [1.165, 1.54) is 83.5 Å². The van der Waals surface area contributed by atoms with Gasteiger partial charge in [0.15, 0.2) is 8.32 Å². The van der Waals surface area contributed by atoms with Crippen LogP contribution in [0.5, 0.6) is 0 Å². The second-order valence-corrected chi connectivity index (χ2v) is 14.8. The van der Waals surface area contributed by atoms with Gasteiger partial charge in [0.05, 0.1) is 12.7 Å². The van der Waals surface area contributed by atoms with Crippen LogP contribution in [0.3, 0.4) is 0 Å². The summed E-state index contributed by atoms with van der Waals surface area (Å²) in [5, 5.41) is 10.0. The Kier molecular flexibility index (Phi) is 17.8. The molecule has 0 fully saturated rings. The average Bonchev–Trinajstić information content (AvgIpc) is 2.65. The highest BCUT2D eigenvalue weighted by molar-refractivity contribution is 6.72. The van der Waals surface area contributed by atoms with Gasteiger partial charge in [0.1, 0.15) is 0 Å². The molecule has 0 bridgehead atoms. The minimum atomic E-state index is -2.18. The molecule has 0 saturated carbocycles. The molecule has 0 spiro atoms. The molecule has 3 nitrogen and oxygen atoms in total. The third-order valence-corrected chi connectivity index (χ3v) is 10.3. The molecule has 176 valence electrons. The van der Waals surface area contributed by atoms with Crippen LogP contribution < -0.4 is 0 Å². The van der Waals surface area contributed by atoms with E-state index in [0.717, 1.165) is 19.4 Å². The zero-order valence-corrected chi connectivity index (χ0v) is 21.6. The van der Waals surface area contributed by atoms with Gasteiger partial charge in [0.25, 0.3) is 0 Å². The summed E-state index contributed by atoms with van der Waals surface area (Å²) in [6.07, 6.45) is 20.3. The lowest BCUT2D eigenvalue weighted by molar-refractivity contribution is 0.0285. The first-order valence-corrected chi connectivity index (χ1v) is 15.6. The number of unbranched alkanes of at least 4 members (excludes halogenated alkanes) is 13. The quantitative estimate of drug-likeness (QED) is 0.145. The third kappa shape index (κ3) is 17.5. The number of hydrogen-bond donors (Lipinski definition) is 2. The second kappa shape index (κ2) is 17.7. The lowest BCUT2D eigenvalue weighted by Gasteiger charge is -2.35. The zero-order chi connectivity index (χ0) is 22.0. The number of ether oxygens (including phenoxy) is 1. The van der Waals surface area contributed by atoms with Gasteiger partial charge in [-0.1, -0.05) is 104 Å². The van der Waals surface area contributed by atoms with Crippen molar-refractivity contribution in [1.29, 1.82) is 0 Å². The summed E-state index contributed by atoms with van der Waals surface area (Å²) >= 11 is 0. The molecule has 0 aliphatic heterocycles. The van der Waals surface area contributed by atoms with E-state index in [1.54, 1.807) is 0 Å². The zero-order valence-electron chi connectivity index (χ0n) is 20.6. The summed E-state index contributed by atoms with van der Waals surface area (Å²) in [6, 6.07) is 0. The van der Waals surface area contributed by atoms with Gasteiger partial charge in [-0.3, -0.25) is 0 Å². The van der Waals surface area contributed by atoms with Gasteiger partial charge >= 0.3 is 0 Å². The maximum absolute atomic E-state index is 10.3. The normalized spacial score (nSPS) is 13.8. The highest BCUT2D eigenvalue weighted by atomic mass is 28.4. The van der Waals surface area contributed by atoms with E-state index in [1.807, 2.05) is 13.1 Å². The molecule has 0 heterocycles. The standard InChI is InChI=1S/C25H54O3Si/c1-6-7-8-9-10-11-12-13-14-15-16-17-18-19-22-28-23-24(26)20-21-25(2,3)29(4,5)27/h24,26-27H,6-23H2,1-5H3. The molecule has 0 aromatic rings. The summed E-state index contributed by atoms with van der Waals surface area (Å²) in [5.74, 6) is 0. The average molecular weight is 431 g/mol. The molecule has 0 aromatic carbocycles. The van der Waals surface area contributed by atoms with Crippen LogP contribution in [0.15, 0.2) is 0 Å². The maximum Gasteiger partial charge on any atom is 0.188 e. The van der Waals surface area contributed by atoms with Crippen molar-refractivity contribution in [3.05, 3.63) is 0 Å². The van der Waals surface area contributed by atoms with Crippen molar-refractivity contribution >= 4 is 8.32 Å². The van der Waals surface area contributed by atoms with E-state index in [4.69, 9.17) is 4.74 Å². The van der Waals surface area contributed by atoms with E-state index < -0.39 is 14.4 Å². The summed E-state index contributed by atoms with van der Waals surface area (Å²) < 4.78 is 5.65. The van der Waals surface area contributed by atoms with Crippen molar-refractivity contribution in [2.75, 3.05) is 13.2 Å². The molecule has 1 atom stereocenters. The highest BCUT2D eigenvalue weighted by Gasteiger charge is 2.37. The predicted octanol–water partition coefficient (Wildman–Crippen LogP) is 7.60. The number of rotatable bonds is 21. The van der Waals surface area contributed by atoms with Crippen LogP contribution in [0.2, 0.25) is 18.1 Å². The van der Waals surface area contributed by atoms with Crippen molar-refractivity contribution in [3.8, 4) is 0 Å². The molecule has 0 rings (SSSR count). The lowest BCUT2D eigenvalue weighted by atomic mass is 10.0. The summed E-state index contributed by atoms with van der Waals surface area (Å²) in [6.45, 7) is 11.7. The Balaban J connectivity index is 3.33. The van der Waals surface area contributed by atoms with E-state index in [2.05, 4.69) is 20.8 Å². The van der Waals surface area contributed by atoms with Crippen LogP contribution in [-0.4, -0.2) is 37.5 Å². The summed E-state index contributed by atoms with van der Waals surface area (Å²) in [7, 11) is -2.18. The fraction of sp³-hybridized carbons (Fsp3) is 1.00. The first-order chi connectivity index (χ1) is 13.7. The van der Waals surface area contributed by atoms with E-state index in [0.29, 0.717) is 13.0 Å². The lowest BCUT2D eigenvalue weighted by Crippen LogP contribution is -2.39. The maximum atomic E-state index is 10.3. The Morgan fingerprint density at radius 1 is 0.759 bits per heavy atom. The molecule has 1 unspecified atom stereocenters. The molecule has 0 amide bonds. The van der Waals surface area contributed by atoms with Crippen LogP contribution >= 0.6 is 0 Å². The third-order valence-electron chi connectivity index (χ3n) is 6.71. The second-order valence-electron chi connectivity index (χ2n) is 10.3. The van der Waals surface area contributed by atoms with Crippen molar-refractivity contribution in [1.82, 2.24) is 0 Å². The topological polar surface area (TPSA) is 49.7 Å². The van der Waals surface area contributed by atoms with Gasteiger partial charge in [0, 0.05) is 6.61 Å². The van der Waals surface area contributed by atoms with Crippen LogP contribution in [-0.2, 0) is 4.74 Å². The van der Waals surface area contributed by atoms with Crippen molar-refractivity contribution in [2.45, 2.75) is 148 Å². The van der Waals surface area contributed by atoms with Gasteiger partial charge in [-0.25, -0.2) is 0 Å². The van der Waals surface area contributed by atoms with Gasteiger partial charge in [-0.15, -0.1) is 0 Å². The Bertz CT molecular complexity index is 352. The van der Waals surface area contributed by atoms with Crippen molar-refractivity contribution in [3.63, 3.8) is 0 Å². The van der Waals surface area contributed by atoms with Gasteiger partial charge in [-0.05, 0) is 37.4 Å². The monoisotopic (exact) mass is 430 g/mol. The molecule has 4 heteroatoms.